The lowest BCUT2D eigenvalue weighted by Gasteiger charge is -2.10. The second-order valence-corrected chi connectivity index (χ2v) is 5.52. The third-order valence-electron chi connectivity index (χ3n) is 2.83. The normalized spacial score (nSPS) is 10.9. The van der Waals surface area contributed by atoms with Gasteiger partial charge in [0.25, 0.3) is 0 Å². The zero-order valence-electron chi connectivity index (χ0n) is 10.5. The minimum atomic E-state index is 0.726. The maximum Gasteiger partial charge on any atom is 0.165 e. The number of alkyl halides is 1. The van der Waals surface area contributed by atoms with Gasteiger partial charge in [-0.1, -0.05) is 41.1 Å². The summed E-state index contributed by atoms with van der Waals surface area (Å²) >= 11 is 7.10. The SMILES string of the molecule is CCCn1c(CBr)nnc1-c1cccc(C)c1Br. The van der Waals surface area contributed by atoms with E-state index in [0.717, 1.165) is 40.0 Å². The number of nitrogens with zero attached hydrogens (tertiary/aromatic N) is 3. The van der Waals surface area contributed by atoms with Crippen LogP contribution in [0.1, 0.15) is 24.7 Å². The van der Waals surface area contributed by atoms with Crippen molar-refractivity contribution in [2.75, 3.05) is 0 Å². The molecule has 3 nitrogen and oxygen atoms in total. The fraction of sp³-hybridized carbons (Fsp3) is 0.385. The molecule has 0 aliphatic carbocycles. The summed E-state index contributed by atoms with van der Waals surface area (Å²) in [6.45, 7) is 5.18. The molecule has 0 N–H and O–H groups in total. The molecule has 0 atom stereocenters. The predicted molar refractivity (Wildman–Crippen MR) is 80.8 cm³/mol. The number of hydrogen-bond acceptors (Lipinski definition) is 2. The van der Waals surface area contributed by atoms with Gasteiger partial charge >= 0.3 is 0 Å². The molecule has 0 spiro atoms. The Hall–Kier alpha value is -0.680. The maximum absolute atomic E-state index is 4.33. The summed E-state index contributed by atoms with van der Waals surface area (Å²) in [4.78, 5) is 0. The summed E-state index contributed by atoms with van der Waals surface area (Å²) in [7, 11) is 0. The molecule has 1 aromatic heterocycles. The van der Waals surface area contributed by atoms with Crippen molar-refractivity contribution in [2.24, 2.45) is 0 Å². The molecular formula is C13H15Br2N3. The van der Waals surface area contributed by atoms with E-state index >= 15 is 0 Å². The minimum Gasteiger partial charge on any atom is -0.310 e. The van der Waals surface area contributed by atoms with Crippen molar-refractivity contribution in [3.63, 3.8) is 0 Å². The van der Waals surface area contributed by atoms with E-state index in [-0.39, 0.29) is 0 Å². The van der Waals surface area contributed by atoms with Crippen molar-refractivity contribution in [1.29, 1.82) is 0 Å². The van der Waals surface area contributed by atoms with Crippen LogP contribution >= 0.6 is 31.9 Å². The average Bonchev–Trinajstić information content (AvgIpc) is 2.76. The summed E-state index contributed by atoms with van der Waals surface area (Å²) in [5, 5.41) is 9.30. The first-order chi connectivity index (χ1) is 8.69. The minimum absolute atomic E-state index is 0.726. The molecule has 1 heterocycles. The molecule has 0 bridgehead atoms. The van der Waals surface area contributed by atoms with Crippen molar-refractivity contribution in [3.8, 4) is 11.4 Å². The molecule has 0 amide bonds. The van der Waals surface area contributed by atoms with Gasteiger partial charge < -0.3 is 4.57 Å². The van der Waals surface area contributed by atoms with Crippen molar-refractivity contribution in [2.45, 2.75) is 32.1 Å². The summed E-state index contributed by atoms with van der Waals surface area (Å²) in [5.74, 6) is 1.90. The largest absolute Gasteiger partial charge is 0.310 e. The molecule has 5 heteroatoms. The Morgan fingerprint density at radius 2 is 2.06 bits per heavy atom. The van der Waals surface area contributed by atoms with Crippen molar-refractivity contribution in [1.82, 2.24) is 14.8 Å². The van der Waals surface area contributed by atoms with E-state index in [0.29, 0.717) is 0 Å². The summed E-state index contributed by atoms with van der Waals surface area (Å²) in [5.41, 5.74) is 2.31. The predicted octanol–water partition coefficient (Wildman–Crippen LogP) is 4.32. The van der Waals surface area contributed by atoms with Gasteiger partial charge in [-0.05, 0) is 34.8 Å². The molecule has 0 unspecified atom stereocenters. The summed E-state index contributed by atoms with van der Waals surface area (Å²) in [6.07, 6.45) is 1.06. The van der Waals surface area contributed by atoms with Crippen LogP contribution in [0.4, 0.5) is 0 Å². The fourth-order valence-electron chi connectivity index (χ4n) is 1.91. The number of halogens is 2. The van der Waals surface area contributed by atoms with Gasteiger partial charge in [-0.25, -0.2) is 0 Å². The van der Waals surface area contributed by atoms with E-state index in [2.05, 4.69) is 72.6 Å². The van der Waals surface area contributed by atoms with Gasteiger partial charge in [-0.15, -0.1) is 10.2 Å². The Morgan fingerprint density at radius 1 is 1.28 bits per heavy atom. The Labute approximate surface area is 124 Å². The van der Waals surface area contributed by atoms with Crippen LogP contribution in [-0.2, 0) is 11.9 Å². The van der Waals surface area contributed by atoms with E-state index in [1.54, 1.807) is 0 Å². The van der Waals surface area contributed by atoms with Crippen molar-refractivity contribution in [3.05, 3.63) is 34.1 Å². The highest BCUT2D eigenvalue weighted by atomic mass is 79.9. The number of aryl methyl sites for hydroxylation is 1. The third-order valence-corrected chi connectivity index (χ3v) is 4.38. The molecule has 0 radical (unpaired) electrons. The Morgan fingerprint density at radius 3 is 2.72 bits per heavy atom. The van der Waals surface area contributed by atoms with Crippen LogP contribution in [-0.4, -0.2) is 14.8 Å². The Balaban J connectivity index is 2.56. The molecule has 0 aliphatic rings. The van der Waals surface area contributed by atoms with E-state index in [9.17, 15) is 0 Å². The van der Waals surface area contributed by atoms with E-state index in [1.807, 2.05) is 6.07 Å². The average molecular weight is 373 g/mol. The van der Waals surface area contributed by atoms with Crippen LogP contribution in [0.2, 0.25) is 0 Å². The Bertz CT molecular complexity index is 549. The highest BCUT2D eigenvalue weighted by molar-refractivity contribution is 9.10. The molecule has 2 rings (SSSR count). The zero-order valence-corrected chi connectivity index (χ0v) is 13.6. The number of aromatic nitrogens is 3. The second-order valence-electron chi connectivity index (χ2n) is 4.16. The third kappa shape index (κ3) is 2.52. The number of rotatable bonds is 4. The Kier molecular flexibility index (Phi) is 4.56. The van der Waals surface area contributed by atoms with Crippen LogP contribution in [0.3, 0.4) is 0 Å². The number of benzene rings is 1. The van der Waals surface area contributed by atoms with Crippen molar-refractivity contribution < 1.29 is 0 Å². The highest BCUT2D eigenvalue weighted by Gasteiger charge is 2.15. The van der Waals surface area contributed by atoms with E-state index < -0.39 is 0 Å². The van der Waals surface area contributed by atoms with Crippen LogP contribution in [0.5, 0.6) is 0 Å². The zero-order chi connectivity index (χ0) is 13.1. The topological polar surface area (TPSA) is 30.7 Å². The van der Waals surface area contributed by atoms with Gasteiger partial charge in [0.2, 0.25) is 0 Å². The van der Waals surface area contributed by atoms with Crippen LogP contribution in [0.15, 0.2) is 22.7 Å². The molecule has 2 aromatic rings. The molecule has 0 saturated heterocycles. The monoisotopic (exact) mass is 371 g/mol. The van der Waals surface area contributed by atoms with Gasteiger partial charge in [-0.2, -0.15) is 0 Å². The van der Waals surface area contributed by atoms with Gasteiger partial charge in [0.1, 0.15) is 5.82 Å². The first kappa shape index (κ1) is 13.7. The molecular weight excluding hydrogens is 358 g/mol. The lowest BCUT2D eigenvalue weighted by atomic mass is 10.1. The number of hydrogen-bond donors (Lipinski definition) is 0. The van der Waals surface area contributed by atoms with Gasteiger partial charge in [-0.3, -0.25) is 0 Å². The van der Waals surface area contributed by atoms with E-state index in [1.165, 1.54) is 5.56 Å². The van der Waals surface area contributed by atoms with E-state index in [4.69, 9.17) is 0 Å². The highest BCUT2D eigenvalue weighted by Crippen LogP contribution is 2.30. The maximum atomic E-state index is 4.33. The fourth-order valence-corrected chi connectivity index (χ4v) is 2.77. The first-order valence-corrected chi connectivity index (χ1v) is 7.84. The lowest BCUT2D eigenvalue weighted by molar-refractivity contribution is 0.661. The molecule has 1 aromatic carbocycles. The second kappa shape index (κ2) is 5.97. The van der Waals surface area contributed by atoms with Crippen LogP contribution < -0.4 is 0 Å². The van der Waals surface area contributed by atoms with Crippen LogP contribution in [0.25, 0.3) is 11.4 Å². The standard InChI is InChI=1S/C13H15Br2N3/c1-3-7-18-11(8-14)16-17-13(18)10-6-4-5-9(2)12(10)15/h4-6H,3,7-8H2,1-2H3. The molecule has 0 fully saturated rings. The molecule has 0 saturated carbocycles. The van der Waals surface area contributed by atoms with Gasteiger partial charge in [0.15, 0.2) is 5.82 Å². The quantitative estimate of drug-likeness (QED) is 0.748. The summed E-state index contributed by atoms with van der Waals surface area (Å²) < 4.78 is 3.27. The van der Waals surface area contributed by atoms with Crippen molar-refractivity contribution >= 4 is 31.9 Å². The van der Waals surface area contributed by atoms with Gasteiger partial charge in [0, 0.05) is 16.6 Å². The molecule has 18 heavy (non-hydrogen) atoms. The lowest BCUT2D eigenvalue weighted by Crippen LogP contribution is -2.04. The molecule has 0 aliphatic heterocycles. The first-order valence-electron chi connectivity index (χ1n) is 5.92. The smallest absolute Gasteiger partial charge is 0.165 e. The molecule has 96 valence electrons. The van der Waals surface area contributed by atoms with Crippen LogP contribution in [0, 0.1) is 6.92 Å². The summed E-state index contributed by atoms with van der Waals surface area (Å²) in [6, 6.07) is 6.21. The van der Waals surface area contributed by atoms with Gasteiger partial charge in [0.05, 0.1) is 5.33 Å².